The van der Waals surface area contributed by atoms with E-state index in [9.17, 15) is 31.2 Å². The van der Waals surface area contributed by atoms with Crippen molar-refractivity contribution in [2.24, 2.45) is 0 Å². The number of carbonyl (C=O) groups excluding carboxylic acids is 2. The molecule has 5 rings (SSSR count). The van der Waals surface area contributed by atoms with Crippen molar-refractivity contribution in [3.8, 4) is 11.1 Å². The first-order valence-corrected chi connectivity index (χ1v) is 15.5. The van der Waals surface area contributed by atoms with Gasteiger partial charge in [-0.1, -0.05) is 65.8 Å². The molecule has 4 aromatic carbocycles. The minimum atomic E-state index is -4.42. The van der Waals surface area contributed by atoms with Crippen LogP contribution in [0.4, 0.5) is 18.9 Å². The Morgan fingerprint density at radius 2 is 1.49 bits per heavy atom. The summed E-state index contributed by atoms with van der Waals surface area (Å²) in [5.74, 6) is -1.94. The highest BCUT2D eigenvalue weighted by molar-refractivity contribution is 7.85. The number of anilines is 1. The maximum atomic E-state index is 13.7. The monoisotopic (exact) mass is 636 g/mol. The predicted molar refractivity (Wildman–Crippen MR) is 162 cm³/mol. The van der Waals surface area contributed by atoms with Crippen molar-refractivity contribution >= 4 is 38.5 Å². The highest BCUT2D eigenvalue weighted by atomic mass is 32.2. The molecule has 0 radical (unpaired) electrons. The molecule has 12 heteroatoms. The molecule has 0 bridgehead atoms. The molecule has 2 N–H and O–H groups in total. The van der Waals surface area contributed by atoms with Crippen LogP contribution in [0.15, 0.2) is 102 Å². The second-order valence-electron chi connectivity index (χ2n) is 10.5. The van der Waals surface area contributed by atoms with Gasteiger partial charge in [-0.2, -0.15) is 21.6 Å². The van der Waals surface area contributed by atoms with Crippen molar-refractivity contribution in [3.63, 3.8) is 0 Å². The van der Waals surface area contributed by atoms with E-state index in [4.69, 9.17) is 9.08 Å². The van der Waals surface area contributed by atoms with E-state index < -0.39 is 33.5 Å². The third kappa shape index (κ3) is 8.02. The van der Waals surface area contributed by atoms with Gasteiger partial charge in [0.2, 0.25) is 5.91 Å². The van der Waals surface area contributed by atoms with Crippen molar-refractivity contribution in [1.82, 2.24) is 5.16 Å². The fraction of sp³-hybridized carbons (Fsp3) is 0.182. The first kappa shape index (κ1) is 31.6. The molecule has 1 unspecified atom stereocenters. The number of aromatic nitrogens is 1. The molecule has 1 heterocycles. The number of alkyl halides is 3. The highest BCUT2D eigenvalue weighted by Gasteiger charge is 2.30. The first-order valence-electron chi connectivity index (χ1n) is 13.9. The third-order valence-electron chi connectivity index (χ3n) is 7.27. The molecule has 232 valence electrons. The van der Waals surface area contributed by atoms with Crippen molar-refractivity contribution in [3.05, 3.63) is 119 Å². The molecule has 8 nitrogen and oxygen atoms in total. The van der Waals surface area contributed by atoms with Crippen molar-refractivity contribution < 1.29 is 40.3 Å². The fourth-order valence-corrected chi connectivity index (χ4v) is 5.43. The Kier molecular flexibility index (Phi) is 9.16. The number of halogens is 3. The summed E-state index contributed by atoms with van der Waals surface area (Å²) in [6.07, 6.45) is -4.27. The van der Waals surface area contributed by atoms with Gasteiger partial charge in [-0.25, -0.2) is 0 Å². The number of ketones is 1. The Morgan fingerprint density at radius 1 is 0.867 bits per heavy atom. The molecular formula is C33H27F3N2O6S. The van der Waals surface area contributed by atoms with Crippen LogP contribution in [-0.2, 0) is 27.5 Å². The van der Waals surface area contributed by atoms with E-state index in [-0.39, 0.29) is 31.0 Å². The molecule has 1 atom stereocenters. The van der Waals surface area contributed by atoms with E-state index in [2.05, 4.69) is 10.5 Å². The summed E-state index contributed by atoms with van der Waals surface area (Å²) in [4.78, 5) is 26.2. The number of hydrogen-bond donors (Lipinski definition) is 2. The van der Waals surface area contributed by atoms with E-state index in [1.165, 1.54) is 12.1 Å². The topological polar surface area (TPSA) is 127 Å². The smallest absolute Gasteiger partial charge is 0.356 e. The van der Waals surface area contributed by atoms with Crippen molar-refractivity contribution in [2.75, 3.05) is 11.1 Å². The molecule has 0 saturated heterocycles. The standard InChI is InChI=1S/C33H27F3N2O6S/c34-33(35,36)25-15-11-22(12-16-25)23-13-17-26(18-14-23)37-32(40)28(31-27-4-1-2-6-30(27)44-38-31)20-21-7-9-24(10-8-21)29(39)5-3-19-45(41,42)43/h1-2,4,6-18,28H,3,5,19-20H2,(H,37,40)(H,41,42,43). The van der Waals surface area contributed by atoms with Gasteiger partial charge in [0.1, 0.15) is 5.69 Å². The first-order chi connectivity index (χ1) is 21.4. The van der Waals surface area contributed by atoms with Gasteiger partial charge in [0.05, 0.1) is 17.2 Å². The fourth-order valence-electron chi connectivity index (χ4n) is 4.92. The Morgan fingerprint density at radius 3 is 2.11 bits per heavy atom. The predicted octanol–water partition coefficient (Wildman–Crippen LogP) is 7.33. The SMILES string of the molecule is O=C(CCCS(=O)(=O)O)c1ccc(CC(C(=O)Nc2ccc(-c3ccc(C(F)(F)F)cc3)cc2)c2noc3ccccc23)cc1. The second-order valence-corrected chi connectivity index (χ2v) is 12.0. The van der Waals surface area contributed by atoms with Crippen LogP contribution in [0.2, 0.25) is 0 Å². The summed E-state index contributed by atoms with van der Waals surface area (Å²) >= 11 is 0. The minimum Gasteiger partial charge on any atom is -0.356 e. The number of carbonyl (C=O) groups is 2. The maximum absolute atomic E-state index is 13.7. The van der Waals surface area contributed by atoms with Crippen LogP contribution in [0.5, 0.6) is 0 Å². The molecule has 0 fully saturated rings. The highest BCUT2D eigenvalue weighted by Crippen LogP contribution is 2.32. The van der Waals surface area contributed by atoms with Gasteiger partial charge in [0.15, 0.2) is 11.4 Å². The van der Waals surface area contributed by atoms with Gasteiger partial charge in [-0.05, 0) is 65.9 Å². The van der Waals surface area contributed by atoms with Crippen LogP contribution in [0.25, 0.3) is 22.1 Å². The average Bonchev–Trinajstić information content (AvgIpc) is 3.43. The lowest BCUT2D eigenvalue weighted by atomic mass is 9.92. The van der Waals surface area contributed by atoms with Crippen LogP contribution < -0.4 is 5.32 Å². The van der Waals surface area contributed by atoms with E-state index in [1.807, 2.05) is 0 Å². The number of nitrogens with zero attached hydrogens (tertiary/aromatic N) is 1. The van der Waals surface area contributed by atoms with Crippen LogP contribution in [0.1, 0.15) is 45.9 Å². The van der Waals surface area contributed by atoms with Gasteiger partial charge in [0.25, 0.3) is 10.1 Å². The number of hydrogen-bond acceptors (Lipinski definition) is 6. The lowest BCUT2D eigenvalue weighted by molar-refractivity contribution is -0.137. The van der Waals surface area contributed by atoms with E-state index >= 15 is 0 Å². The largest absolute Gasteiger partial charge is 0.416 e. The lowest BCUT2D eigenvalue weighted by Gasteiger charge is -2.16. The number of para-hydroxylation sites is 1. The molecule has 0 aliphatic carbocycles. The van der Waals surface area contributed by atoms with Crippen LogP contribution in [0.3, 0.4) is 0 Å². The Balaban J connectivity index is 1.33. The second kappa shape index (κ2) is 13.0. The number of Topliss-reactive ketones (excluding diaryl/α,β-unsaturated/α-hetero) is 1. The Bertz CT molecular complexity index is 1920. The van der Waals surface area contributed by atoms with Gasteiger partial charge in [-0.15, -0.1) is 0 Å². The summed E-state index contributed by atoms with van der Waals surface area (Å²) < 4.78 is 75.0. The summed E-state index contributed by atoms with van der Waals surface area (Å²) in [5, 5.41) is 7.75. The van der Waals surface area contributed by atoms with Crippen LogP contribution in [0, 0.1) is 0 Å². The van der Waals surface area contributed by atoms with E-state index in [0.717, 1.165) is 17.7 Å². The maximum Gasteiger partial charge on any atom is 0.416 e. The third-order valence-corrected chi connectivity index (χ3v) is 8.08. The Labute approximate surface area is 256 Å². The summed E-state index contributed by atoms with van der Waals surface area (Å²) in [7, 11) is -4.15. The number of amides is 1. The van der Waals surface area contributed by atoms with Gasteiger partial charge in [0, 0.05) is 23.1 Å². The number of nitrogens with one attached hydrogen (secondary N) is 1. The van der Waals surface area contributed by atoms with Crippen LogP contribution >= 0.6 is 0 Å². The molecule has 0 saturated carbocycles. The summed E-state index contributed by atoms with van der Waals surface area (Å²) in [6.45, 7) is 0. The van der Waals surface area contributed by atoms with E-state index in [1.54, 1.807) is 72.8 Å². The quantitative estimate of drug-likeness (QED) is 0.115. The zero-order chi connectivity index (χ0) is 32.2. The van der Waals surface area contributed by atoms with Gasteiger partial charge >= 0.3 is 6.18 Å². The molecule has 0 aliphatic heterocycles. The molecule has 45 heavy (non-hydrogen) atoms. The molecule has 1 amide bonds. The molecule has 0 spiro atoms. The normalized spacial score (nSPS) is 12.6. The molecule has 1 aromatic heterocycles. The summed E-state index contributed by atoms with van der Waals surface area (Å²) in [6, 6.07) is 25.3. The molecule has 0 aliphatic rings. The minimum absolute atomic E-state index is 0.00772. The lowest BCUT2D eigenvalue weighted by Crippen LogP contribution is -2.23. The molecule has 5 aromatic rings. The Hall–Kier alpha value is -4.81. The van der Waals surface area contributed by atoms with Crippen molar-refractivity contribution in [2.45, 2.75) is 31.4 Å². The van der Waals surface area contributed by atoms with Gasteiger partial charge in [-0.3, -0.25) is 14.1 Å². The summed E-state index contributed by atoms with van der Waals surface area (Å²) in [5.41, 5.74) is 3.04. The number of rotatable bonds is 11. The molecular weight excluding hydrogens is 609 g/mol. The zero-order valence-electron chi connectivity index (χ0n) is 23.6. The average molecular weight is 637 g/mol. The van der Waals surface area contributed by atoms with Gasteiger partial charge < -0.3 is 9.84 Å². The van der Waals surface area contributed by atoms with Crippen LogP contribution in [-0.4, -0.2) is 35.6 Å². The van der Waals surface area contributed by atoms with E-state index in [0.29, 0.717) is 39.0 Å². The number of fused-ring (bicyclic) bond motifs is 1. The zero-order valence-corrected chi connectivity index (χ0v) is 24.4. The van der Waals surface area contributed by atoms with Crippen molar-refractivity contribution in [1.29, 1.82) is 0 Å². The number of benzene rings is 4.